The molecule has 1 aliphatic heterocycles. The molecule has 1 saturated heterocycles. The van der Waals surface area contributed by atoms with Gasteiger partial charge in [-0.3, -0.25) is 0 Å². The fraction of sp³-hybridized carbons (Fsp3) is 0.684. The lowest BCUT2D eigenvalue weighted by molar-refractivity contribution is 0.332. The maximum Gasteiger partial charge on any atom is 0.214 e. The molecular weight excluding hydrogens is 362 g/mol. The first kappa shape index (κ1) is 18.7. The van der Waals surface area contributed by atoms with E-state index in [0.29, 0.717) is 18.3 Å². The van der Waals surface area contributed by atoms with Crippen molar-refractivity contribution in [1.29, 1.82) is 0 Å². The normalized spacial score (nSPS) is 27.3. The van der Waals surface area contributed by atoms with Gasteiger partial charge in [-0.15, -0.1) is 0 Å². The van der Waals surface area contributed by atoms with Gasteiger partial charge in [0.25, 0.3) is 0 Å². The lowest BCUT2D eigenvalue weighted by Gasteiger charge is -2.36. The van der Waals surface area contributed by atoms with Gasteiger partial charge < -0.3 is 9.88 Å². The highest BCUT2D eigenvalue weighted by Gasteiger charge is 2.35. The minimum atomic E-state index is -3.13. The molecule has 2 fully saturated rings. The number of hydrogen-bond donors (Lipinski definition) is 1. The first-order valence-electron chi connectivity index (χ1n) is 9.96. The van der Waals surface area contributed by atoms with E-state index in [9.17, 15) is 8.42 Å². The van der Waals surface area contributed by atoms with Crippen LogP contribution in [0.5, 0.6) is 0 Å². The van der Waals surface area contributed by atoms with E-state index in [1.165, 1.54) is 0 Å². The minimum absolute atomic E-state index is 0.166. The highest BCUT2D eigenvalue weighted by atomic mass is 32.2. The average Bonchev–Trinajstić information content (AvgIpc) is 3.30. The smallest absolute Gasteiger partial charge is 0.214 e. The van der Waals surface area contributed by atoms with E-state index in [4.69, 9.17) is 0 Å². The minimum Gasteiger partial charge on any atom is -0.356 e. The number of aromatic amines is 1. The van der Waals surface area contributed by atoms with Gasteiger partial charge >= 0.3 is 0 Å². The Kier molecular flexibility index (Phi) is 5.11. The third-order valence-corrected chi connectivity index (χ3v) is 8.48. The standard InChI is InChI=1S/C19H29N5O2S/c1-14-4-3-11-24(14)27(25,26)12-15-5-7-16(8-6-15)23(2)19-17-9-10-20-18(17)21-13-22-19/h9-10,13-16H,3-8,11-12H2,1-2H3,(H,20,21,22)/t14-,15-,16-/m0/s1. The molecule has 0 bridgehead atoms. The van der Waals surface area contributed by atoms with Gasteiger partial charge in [0, 0.05) is 31.9 Å². The summed E-state index contributed by atoms with van der Waals surface area (Å²) in [5.41, 5.74) is 0.853. The number of H-pyrrole nitrogens is 1. The maximum absolute atomic E-state index is 12.8. The third kappa shape index (κ3) is 3.69. The SMILES string of the molecule is C[C@H]1CCCN1S(=O)(=O)C[C@H]1CC[C@H](N(C)c2ncnc3[nH]ccc23)CC1. The van der Waals surface area contributed by atoms with Gasteiger partial charge in [-0.05, 0) is 57.4 Å². The molecule has 2 aromatic rings. The van der Waals surface area contributed by atoms with Gasteiger partial charge in [0.15, 0.2) is 0 Å². The van der Waals surface area contributed by atoms with Gasteiger partial charge in [0.2, 0.25) is 10.0 Å². The lowest BCUT2D eigenvalue weighted by atomic mass is 9.86. The van der Waals surface area contributed by atoms with Crippen molar-refractivity contribution in [1.82, 2.24) is 19.3 Å². The van der Waals surface area contributed by atoms with E-state index in [0.717, 1.165) is 55.4 Å². The van der Waals surface area contributed by atoms with Crippen LogP contribution in [-0.2, 0) is 10.0 Å². The Morgan fingerprint density at radius 1 is 1.22 bits per heavy atom. The molecule has 1 atom stereocenters. The van der Waals surface area contributed by atoms with Crippen LogP contribution in [0.1, 0.15) is 45.4 Å². The van der Waals surface area contributed by atoms with E-state index in [2.05, 4.69) is 26.9 Å². The van der Waals surface area contributed by atoms with Crippen molar-refractivity contribution in [3.05, 3.63) is 18.6 Å². The highest BCUT2D eigenvalue weighted by molar-refractivity contribution is 7.89. The lowest BCUT2D eigenvalue weighted by Crippen LogP contribution is -2.40. The molecule has 2 aliphatic rings. The summed E-state index contributed by atoms with van der Waals surface area (Å²) in [7, 11) is -1.04. The Bertz CT molecular complexity index is 888. The molecule has 148 valence electrons. The van der Waals surface area contributed by atoms with Gasteiger partial charge in [-0.1, -0.05) is 0 Å². The average molecular weight is 392 g/mol. The predicted molar refractivity (Wildman–Crippen MR) is 107 cm³/mol. The van der Waals surface area contributed by atoms with Crippen molar-refractivity contribution in [3.8, 4) is 0 Å². The second-order valence-corrected chi connectivity index (χ2v) is 10.1. The van der Waals surface area contributed by atoms with Crippen molar-refractivity contribution in [2.45, 2.75) is 57.5 Å². The van der Waals surface area contributed by atoms with Gasteiger partial charge in [-0.25, -0.2) is 18.4 Å². The Morgan fingerprint density at radius 3 is 2.70 bits per heavy atom. The summed E-state index contributed by atoms with van der Waals surface area (Å²) in [4.78, 5) is 14.1. The number of sulfonamides is 1. The number of nitrogens with zero attached hydrogens (tertiary/aromatic N) is 4. The Hall–Kier alpha value is -1.67. The molecule has 0 radical (unpaired) electrons. The summed E-state index contributed by atoms with van der Waals surface area (Å²) in [5.74, 6) is 1.52. The number of hydrogen-bond acceptors (Lipinski definition) is 5. The summed E-state index contributed by atoms with van der Waals surface area (Å²) in [6.07, 6.45) is 9.38. The molecule has 3 heterocycles. The second-order valence-electron chi connectivity index (χ2n) is 8.10. The Balaban J connectivity index is 1.38. The van der Waals surface area contributed by atoms with E-state index < -0.39 is 10.0 Å². The van der Waals surface area contributed by atoms with Crippen LogP contribution in [0, 0.1) is 5.92 Å². The van der Waals surface area contributed by atoms with Crippen LogP contribution in [0.4, 0.5) is 5.82 Å². The van der Waals surface area contributed by atoms with E-state index in [-0.39, 0.29) is 12.0 Å². The Morgan fingerprint density at radius 2 is 2.00 bits per heavy atom. The number of rotatable bonds is 5. The molecule has 0 spiro atoms. The van der Waals surface area contributed by atoms with E-state index >= 15 is 0 Å². The van der Waals surface area contributed by atoms with E-state index in [1.54, 1.807) is 10.6 Å². The first-order valence-corrected chi connectivity index (χ1v) is 11.6. The molecule has 8 heteroatoms. The quantitative estimate of drug-likeness (QED) is 0.847. The molecule has 0 aromatic carbocycles. The molecule has 0 unspecified atom stereocenters. The first-order chi connectivity index (χ1) is 13.0. The molecule has 1 aliphatic carbocycles. The zero-order chi connectivity index (χ0) is 19.0. The fourth-order valence-electron chi connectivity index (χ4n) is 4.73. The van der Waals surface area contributed by atoms with Gasteiger partial charge in [0.05, 0.1) is 11.1 Å². The van der Waals surface area contributed by atoms with Crippen molar-refractivity contribution in [3.63, 3.8) is 0 Å². The summed E-state index contributed by atoms with van der Waals surface area (Å²) in [6, 6.07) is 2.57. The largest absolute Gasteiger partial charge is 0.356 e. The molecule has 1 N–H and O–H groups in total. The highest BCUT2D eigenvalue weighted by Crippen LogP contribution is 2.33. The zero-order valence-corrected chi connectivity index (χ0v) is 17.0. The molecular formula is C19H29N5O2S. The van der Waals surface area contributed by atoms with Crippen molar-refractivity contribution < 1.29 is 8.42 Å². The topological polar surface area (TPSA) is 82.2 Å². The summed E-state index contributed by atoms with van der Waals surface area (Å²) >= 11 is 0. The zero-order valence-electron chi connectivity index (χ0n) is 16.1. The van der Waals surface area contributed by atoms with Crippen LogP contribution in [0.15, 0.2) is 18.6 Å². The van der Waals surface area contributed by atoms with Crippen LogP contribution in [0.3, 0.4) is 0 Å². The summed E-state index contributed by atoms with van der Waals surface area (Å²) in [6.45, 7) is 2.72. The molecule has 1 saturated carbocycles. The second kappa shape index (κ2) is 7.39. The maximum atomic E-state index is 12.8. The number of fused-ring (bicyclic) bond motifs is 1. The number of anilines is 1. The van der Waals surface area contributed by atoms with Gasteiger partial charge in [0.1, 0.15) is 17.8 Å². The van der Waals surface area contributed by atoms with Gasteiger partial charge in [-0.2, -0.15) is 4.31 Å². The van der Waals surface area contributed by atoms with Crippen LogP contribution >= 0.6 is 0 Å². The van der Waals surface area contributed by atoms with E-state index in [1.807, 2.05) is 19.2 Å². The summed E-state index contributed by atoms with van der Waals surface area (Å²) < 4.78 is 27.3. The predicted octanol–water partition coefficient (Wildman–Crippen LogP) is 2.77. The molecule has 2 aromatic heterocycles. The van der Waals surface area contributed by atoms with Crippen molar-refractivity contribution >= 4 is 26.9 Å². The third-order valence-electron chi connectivity index (χ3n) is 6.33. The van der Waals surface area contributed by atoms with Crippen LogP contribution in [-0.4, -0.2) is 59.1 Å². The molecule has 27 heavy (non-hydrogen) atoms. The fourth-order valence-corrected chi connectivity index (χ4v) is 6.91. The molecule has 0 amide bonds. The summed E-state index contributed by atoms with van der Waals surface area (Å²) in [5, 5.41) is 1.03. The van der Waals surface area contributed by atoms with Crippen molar-refractivity contribution in [2.75, 3.05) is 24.2 Å². The molecule has 4 rings (SSSR count). The number of aromatic nitrogens is 3. The molecule has 7 nitrogen and oxygen atoms in total. The monoisotopic (exact) mass is 391 g/mol. The van der Waals surface area contributed by atoms with Crippen LogP contribution < -0.4 is 4.90 Å². The Labute approximate surface area is 161 Å². The van der Waals surface area contributed by atoms with Crippen LogP contribution in [0.2, 0.25) is 0 Å². The number of nitrogens with one attached hydrogen (secondary N) is 1. The van der Waals surface area contributed by atoms with Crippen molar-refractivity contribution in [2.24, 2.45) is 5.92 Å². The van der Waals surface area contributed by atoms with Crippen LogP contribution in [0.25, 0.3) is 11.0 Å².